The first-order valence-corrected chi connectivity index (χ1v) is 18.5. The number of carbonyl (C=O) groups is 3. The third-order valence-electron chi connectivity index (χ3n) is 8.61. The van der Waals surface area contributed by atoms with E-state index in [9.17, 15) is 19.5 Å². The highest BCUT2D eigenvalue weighted by Crippen LogP contribution is 2.34. The molecular weight excluding hydrogens is 662 g/mol. The molecule has 12 nitrogen and oxygen atoms in total. The summed E-state index contributed by atoms with van der Waals surface area (Å²) < 4.78 is 27.1. The van der Waals surface area contributed by atoms with Gasteiger partial charge in [-0.3, -0.25) is 14.4 Å². The number of Topliss-reactive ketones (excluding diaryl/α,β-unsaturated/α-hetero) is 2. The molecule has 0 aliphatic carbocycles. The molecule has 280 valence electrons. The molecule has 0 unspecified atom stereocenters. The predicted molar refractivity (Wildman–Crippen MR) is 192 cm³/mol. The number of hydrogen-bond donors (Lipinski definition) is 2. The first-order valence-electron chi connectivity index (χ1n) is 17.6. The van der Waals surface area contributed by atoms with Gasteiger partial charge in [-0.1, -0.05) is 45.0 Å². The molecule has 1 saturated heterocycles. The molecule has 50 heavy (non-hydrogen) atoms. The summed E-state index contributed by atoms with van der Waals surface area (Å²) >= 11 is 1.60. The molecule has 3 atom stereocenters. The average Bonchev–Trinajstić information content (AvgIpc) is 3.70. The van der Waals surface area contributed by atoms with Gasteiger partial charge in [-0.05, 0) is 29.9 Å². The number of amides is 1. The molecule has 0 radical (unpaired) electrons. The Balaban J connectivity index is 1.36. The molecule has 1 aliphatic rings. The molecule has 2 heterocycles. The minimum absolute atomic E-state index is 0.0447. The maximum atomic E-state index is 13.9. The first-order chi connectivity index (χ1) is 24.0. The van der Waals surface area contributed by atoms with Crippen molar-refractivity contribution in [1.29, 1.82) is 0 Å². The van der Waals surface area contributed by atoms with E-state index < -0.39 is 23.5 Å². The van der Waals surface area contributed by atoms with E-state index in [1.807, 2.05) is 57.5 Å². The molecule has 3 N–H and O–H groups in total. The van der Waals surface area contributed by atoms with Gasteiger partial charge in [0.1, 0.15) is 5.78 Å². The number of aryl methyl sites for hydroxylation is 2. The lowest BCUT2D eigenvalue weighted by molar-refractivity contribution is -0.146. The summed E-state index contributed by atoms with van der Waals surface area (Å²) in [5.74, 6) is -1.05. The Bertz CT molecular complexity index is 1300. The highest BCUT2D eigenvalue weighted by atomic mass is 32.1. The topological polar surface area (TPSA) is 160 Å². The van der Waals surface area contributed by atoms with E-state index >= 15 is 0 Å². The number of ketones is 2. The van der Waals surface area contributed by atoms with Crippen LogP contribution in [0.25, 0.3) is 10.4 Å². The Morgan fingerprint density at radius 3 is 1.98 bits per heavy atom. The number of rotatable bonds is 25. The number of ether oxygens (including phenoxy) is 5. The van der Waals surface area contributed by atoms with Crippen LogP contribution in [-0.4, -0.2) is 124 Å². The quantitative estimate of drug-likeness (QED) is 0.144. The van der Waals surface area contributed by atoms with Crippen molar-refractivity contribution in [1.82, 2.24) is 9.88 Å². The Hall–Kier alpha value is -2.62. The lowest BCUT2D eigenvalue weighted by atomic mass is 9.76. The van der Waals surface area contributed by atoms with E-state index in [4.69, 9.17) is 29.4 Å². The lowest BCUT2D eigenvalue weighted by Gasteiger charge is -2.34. The summed E-state index contributed by atoms with van der Waals surface area (Å²) in [5, 5.41) is 10.5. The second kappa shape index (κ2) is 22.3. The van der Waals surface area contributed by atoms with Crippen molar-refractivity contribution in [2.45, 2.75) is 71.9 Å². The van der Waals surface area contributed by atoms with Crippen molar-refractivity contribution in [3.05, 3.63) is 41.0 Å². The molecule has 0 saturated carbocycles. The zero-order valence-electron chi connectivity index (χ0n) is 30.2. The van der Waals surface area contributed by atoms with Crippen LogP contribution in [0.5, 0.6) is 0 Å². The van der Waals surface area contributed by atoms with Gasteiger partial charge in [0.15, 0.2) is 5.78 Å². The van der Waals surface area contributed by atoms with Gasteiger partial charge in [0.25, 0.3) is 0 Å². The highest BCUT2D eigenvalue weighted by molar-refractivity contribution is 7.13. The van der Waals surface area contributed by atoms with Gasteiger partial charge >= 0.3 is 0 Å². The fraction of sp³-hybridized carbons (Fsp3) is 0.676. The van der Waals surface area contributed by atoms with Gasteiger partial charge < -0.3 is 39.4 Å². The number of benzene rings is 1. The van der Waals surface area contributed by atoms with Crippen molar-refractivity contribution >= 4 is 28.8 Å². The number of aliphatic hydroxyl groups excluding tert-OH is 1. The minimum atomic E-state index is -0.778. The van der Waals surface area contributed by atoms with E-state index in [0.717, 1.165) is 21.7 Å². The second-order valence-electron chi connectivity index (χ2n) is 13.6. The van der Waals surface area contributed by atoms with Crippen LogP contribution in [0, 0.1) is 18.3 Å². The normalized spacial score (nSPS) is 17.0. The molecule has 3 rings (SSSR count). The Morgan fingerprint density at radius 1 is 0.900 bits per heavy atom. The van der Waals surface area contributed by atoms with Crippen molar-refractivity contribution in [3.63, 3.8) is 0 Å². The highest BCUT2D eigenvalue weighted by Gasteiger charge is 2.44. The molecule has 1 aromatic carbocycles. The number of aliphatic hydroxyl groups is 1. The molecule has 1 aromatic heterocycles. The van der Waals surface area contributed by atoms with E-state index in [1.54, 1.807) is 11.3 Å². The number of carbonyl (C=O) groups excluding carboxylic acids is 3. The molecule has 13 heteroatoms. The molecule has 1 aliphatic heterocycles. The molecule has 0 spiro atoms. The summed E-state index contributed by atoms with van der Waals surface area (Å²) in [6.07, 6.45) is 0.447. The standard InChI is InChI=1S/C37H57N3O9S/c1-27-35(50-26-39-27)29-8-5-28(6-9-29)7-10-34(43)33-24-31(42)25-40(33)36(44)32(37(2,3)4)23-30(41)11-13-45-15-17-47-19-21-49-22-20-48-18-16-46-14-12-38/h5-6,8-9,26,31-33,42H,7,10-25,38H2,1-4H3/t31-,32-,33+/m1/s1. The van der Waals surface area contributed by atoms with Gasteiger partial charge in [0, 0.05) is 44.7 Å². The SMILES string of the molecule is Cc1ncsc1-c1ccc(CCC(=O)[C@@H]2C[C@@H](O)CN2C(=O)[C@@H](CC(=O)CCOCCOCCOCCOCCOCCN)C(C)(C)C)cc1. The maximum absolute atomic E-state index is 13.9. The zero-order valence-corrected chi connectivity index (χ0v) is 31.0. The van der Waals surface area contributed by atoms with E-state index in [-0.39, 0.29) is 56.3 Å². The van der Waals surface area contributed by atoms with E-state index in [1.165, 1.54) is 4.90 Å². The van der Waals surface area contributed by atoms with E-state index in [0.29, 0.717) is 72.4 Å². The monoisotopic (exact) mass is 719 g/mol. The number of β-amino-alcohol motifs (C(OH)–C–C–N with tert-alkyl or cyclic N) is 1. The molecule has 0 bridgehead atoms. The Kier molecular flexibility index (Phi) is 18.7. The summed E-state index contributed by atoms with van der Waals surface area (Å²) in [6, 6.07) is 7.42. The van der Waals surface area contributed by atoms with Gasteiger partial charge in [0.2, 0.25) is 5.91 Å². The molecular formula is C37H57N3O9S. The Labute approximate surface area is 301 Å². The van der Waals surface area contributed by atoms with Crippen molar-refractivity contribution in [3.8, 4) is 10.4 Å². The minimum Gasteiger partial charge on any atom is -0.391 e. The lowest BCUT2D eigenvalue weighted by Crippen LogP contribution is -2.47. The van der Waals surface area contributed by atoms with Crippen molar-refractivity contribution in [2.24, 2.45) is 17.1 Å². The summed E-state index contributed by atoms with van der Waals surface area (Å²) in [7, 11) is 0. The third-order valence-corrected chi connectivity index (χ3v) is 9.58. The van der Waals surface area contributed by atoms with Crippen LogP contribution in [0.2, 0.25) is 0 Å². The number of hydrogen-bond acceptors (Lipinski definition) is 12. The summed E-state index contributed by atoms with van der Waals surface area (Å²) in [5.41, 5.74) is 9.77. The number of nitrogens with zero attached hydrogens (tertiary/aromatic N) is 2. The number of thiazole rings is 1. The predicted octanol–water partition coefficient (Wildman–Crippen LogP) is 3.64. The van der Waals surface area contributed by atoms with Crippen LogP contribution in [0.3, 0.4) is 0 Å². The second-order valence-corrected chi connectivity index (χ2v) is 14.4. The molecule has 2 aromatic rings. The smallest absolute Gasteiger partial charge is 0.227 e. The van der Waals surface area contributed by atoms with E-state index in [2.05, 4.69) is 4.98 Å². The molecule has 1 fully saturated rings. The number of likely N-dealkylation sites (tertiary alicyclic amines) is 1. The first kappa shape index (κ1) is 41.8. The maximum Gasteiger partial charge on any atom is 0.227 e. The summed E-state index contributed by atoms with van der Waals surface area (Å²) in [6.45, 7) is 12.6. The number of aromatic nitrogens is 1. The van der Waals surface area contributed by atoms with Crippen LogP contribution in [0.1, 0.15) is 57.7 Å². The zero-order chi connectivity index (χ0) is 36.4. The van der Waals surface area contributed by atoms with Gasteiger partial charge in [-0.15, -0.1) is 11.3 Å². The third kappa shape index (κ3) is 14.5. The van der Waals surface area contributed by atoms with Gasteiger partial charge in [-0.2, -0.15) is 0 Å². The average molecular weight is 720 g/mol. The number of nitrogens with two attached hydrogens (primary N) is 1. The fourth-order valence-electron chi connectivity index (χ4n) is 5.74. The van der Waals surface area contributed by atoms with Gasteiger partial charge in [-0.25, -0.2) is 4.98 Å². The van der Waals surface area contributed by atoms with Crippen molar-refractivity contribution in [2.75, 3.05) is 79.2 Å². The largest absolute Gasteiger partial charge is 0.391 e. The fourth-order valence-corrected chi connectivity index (χ4v) is 6.56. The van der Waals surface area contributed by atoms with Crippen molar-refractivity contribution < 1.29 is 43.2 Å². The summed E-state index contributed by atoms with van der Waals surface area (Å²) in [4.78, 5) is 47.3. The van der Waals surface area contributed by atoms with Crippen LogP contribution >= 0.6 is 11.3 Å². The van der Waals surface area contributed by atoms with Crippen LogP contribution < -0.4 is 5.73 Å². The van der Waals surface area contributed by atoms with Gasteiger partial charge in [0.05, 0.1) is 94.3 Å². The van der Waals surface area contributed by atoms with Crippen LogP contribution in [0.15, 0.2) is 29.8 Å². The van der Waals surface area contributed by atoms with Crippen LogP contribution in [0.4, 0.5) is 0 Å². The Morgan fingerprint density at radius 2 is 1.46 bits per heavy atom. The molecule has 1 amide bonds. The van der Waals surface area contributed by atoms with Crippen LogP contribution in [-0.2, 0) is 44.5 Å².